The Hall–Kier alpha value is -0.120. The summed E-state index contributed by atoms with van der Waals surface area (Å²) in [5.41, 5.74) is 0. The zero-order chi connectivity index (χ0) is 11.9. The fourth-order valence-corrected chi connectivity index (χ4v) is 2.60. The SMILES string of the molecule is COC1CCN(CCCCCCNC2CC2)C1. The summed E-state index contributed by atoms with van der Waals surface area (Å²) in [5, 5.41) is 3.58. The molecule has 3 heteroatoms. The molecule has 0 spiro atoms. The predicted molar refractivity (Wildman–Crippen MR) is 71.3 cm³/mol. The highest BCUT2D eigenvalue weighted by molar-refractivity contribution is 4.80. The molecular formula is C14H28N2O. The lowest BCUT2D eigenvalue weighted by Gasteiger charge is -2.15. The van der Waals surface area contributed by atoms with Crippen molar-refractivity contribution in [3.8, 4) is 0 Å². The summed E-state index contributed by atoms with van der Waals surface area (Å²) in [6.45, 7) is 4.90. The molecule has 1 aliphatic carbocycles. The van der Waals surface area contributed by atoms with Crippen molar-refractivity contribution in [1.29, 1.82) is 0 Å². The molecule has 3 nitrogen and oxygen atoms in total. The van der Waals surface area contributed by atoms with Gasteiger partial charge in [0.2, 0.25) is 0 Å². The third-order valence-corrected chi connectivity index (χ3v) is 3.97. The molecule has 2 aliphatic rings. The minimum absolute atomic E-state index is 0.498. The Bertz CT molecular complexity index is 206. The third kappa shape index (κ3) is 5.36. The van der Waals surface area contributed by atoms with Crippen LogP contribution in [0, 0.1) is 0 Å². The molecule has 0 aromatic carbocycles. The summed E-state index contributed by atoms with van der Waals surface area (Å²) in [6, 6.07) is 0.880. The molecule has 1 atom stereocenters. The molecule has 2 rings (SSSR count). The molecule has 1 saturated carbocycles. The van der Waals surface area contributed by atoms with Gasteiger partial charge in [-0.2, -0.15) is 0 Å². The molecule has 1 saturated heterocycles. The second-order valence-corrected chi connectivity index (χ2v) is 5.59. The number of ether oxygens (including phenoxy) is 1. The van der Waals surface area contributed by atoms with Gasteiger partial charge in [-0.15, -0.1) is 0 Å². The van der Waals surface area contributed by atoms with Gasteiger partial charge in [0.15, 0.2) is 0 Å². The molecule has 0 bridgehead atoms. The molecule has 1 unspecified atom stereocenters. The molecule has 0 aromatic heterocycles. The van der Waals surface area contributed by atoms with E-state index in [1.54, 1.807) is 0 Å². The maximum atomic E-state index is 5.38. The quantitative estimate of drug-likeness (QED) is 0.624. The first kappa shape index (κ1) is 13.3. The van der Waals surface area contributed by atoms with E-state index in [4.69, 9.17) is 4.74 Å². The van der Waals surface area contributed by atoms with E-state index in [9.17, 15) is 0 Å². The first-order valence-electron chi connectivity index (χ1n) is 7.37. The van der Waals surface area contributed by atoms with Gasteiger partial charge in [-0.25, -0.2) is 0 Å². The number of likely N-dealkylation sites (tertiary alicyclic amines) is 1. The summed E-state index contributed by atoms with van der Waals surface area (Å²) in [4.78, 5) is 2.55. The molecule has 2 fully saturated rings. The third-order valence-electron chi connectivity index (χ3n) is 3.97. The van der Waals surface area contributed by atoms with Crippen LogP contribution in [0.2, 0.25) is 0 Å². The highest BCUT2D eigenvalue weighted by atomic mass is 16.5. The van der Waals surface area contributed by atoms with Crippen LogP contribution in [0.15, 0.2) is 0 Å². The van der Waals surface area contributed by atoms with E-state index in [1.165, 1.54) is 64.6 Å². The first-order chi connectivity index (χ1) is 8.38. The Balaban J connectivity index is 1.36. The standard InChI is InChI=1S/C14H28N2O/c1-17-14-8-11-16(12-14)10-5-3-2-4-9-15-13-6-7-13/h13-15H,2-12H2,1H3. The smallest absolute Gasteiger partial charge is 0.0710 e. The van der Waals surface area contributed by atoms with Crippen molar-refractivity contribution in [3.05, 3.63) is 0 Å². The van der Waals surface area contributed by atoms with Gasteiger partial charge in [0.25, 0.3) is 0 Å². The molecule has 1 aliphatic heterocycles. The molecule has 1 N–H and O–H groups in total. The minimum atomic E-state index is 0.498. The number of unbranched alkanes of at least 4 members (excludes halogenated alkanes) is 3. The Morgan fingerprint density at radius 1 is 1.12 bits per heavy atom. The van der Waals surface area contributed by atoms with Gasteiger partial charge in [-0.1, -0.05) is 12.8 Å². The highest BCUT2D eigenvalue weighted by Crippen LogP contribution is 2.18. The summed E-state index contributed by atoms with van der Waals surface area (Å²) in [7, 11) is 1.83. The zero-order valence-corrected chi connectivity index (χ0v) is 11.3. The molecule has 100 valence electrons. The van der Waals surface area contributed by atoms with Crippen molar-refractivity contribution >= 4 is 0 Å². The van der Waals surface area contributed by atoms with Gasteiger partial charge in [0, 0.05) is 26.2 Å². The van der Waals surface area contributed by atoms with Crippen LogP contribution in [0.4, 0.5) is 0 Å². The minimum Gasteiger partial charge on any atom is -0.380 e. The van der Waals surface area contributed by atoms with Gasteiger partial charge < -0.3 is 15.0 Å². The fourth-order valence-electron chi connectivity index (χ4n) is 2.60. The van der Waals surface area contributed by atoms with Crippen molar-refractivity contribution in [3.63, 3.8) is 0 Å². The lowest BCUT2D eigenvalue weighted by atomic mass is 10.2. The second-order valence-electron chi connectivity index (χ2n) is 5.59. The van der Waals surface area contributed by atoms with E-state index >= 15 is 0 Å². The number of methoxy groups -OCH3 is 1. The van der Waals surface area contributed by atoms with Gasteiger partial charge in [-0.3, -0.25) is 0 Å². The number of nitrogens with zero attached hydrogens (tertiary/aromatic N) is 1. The number of nitrogens with one attached hydrogen (secondary N) is 1. The molecule has 17 heavy (non-hydrogen) atoms. The average Bonchev–Trinajstić information content (AvgIpc) is 3.05. The molecule has 0 radical (unpaired) electrons. The normalized spacial score (nSPS) is 25.6. The Morgan fingerprint density at radius 2 is 1.94 bits per heavy atom. The van der Waals surface area contributed by atoms with Crippen LogP contribution < -0.4 is 5.32 Å². The van der Waals surface area contributed by atoms with E-state index in [1.807, 2.05) is 7.11 Å². The summed E-state index contributed by atoms with van der Waals surface area (Å²) in [6.07, 6.45) is 10.0. The summed E-state index contributed by atoms with van der Waals surface area (Å²) in [5.74, 6) is 0. The lowest BCUT2D eigenvalue weighted by molar-refractivity contribution is 0.108. The van der Waals surface area contributed by atoms with Crippen molar-refractivity contribution in [2.75, 3.05) is 33.3 Å². The molecule has 1 heterocycles. The molecule has 0 amide bonds. The summed E-state index contributed by atoms with van der Waals surface area (Å²) < 4.78 is 5.38. The van der Waals surface area contributed by atoms with Crippen molar-refractivity contribution in [2.24, 2.45) is 0 Å². The van der Waals surface area contributed by atoms with Crippen LogP contribution in [-0.4, -0.2) is 50.3 Å². The monoisotopic (exact) mass is 240 g/mol. The average molecular weight is 240 g/mol. The van der Waals surface area contributed by atoms with Crippen LogP contribution in [0.5, 0.6) is 0 Å². The van der Waals surface area contributed by atoms with Crippen LogP contribution >= 0.6 is 0 Å². The zero-order valence-electron chi connectivity index (χ0n) is 11.3. The van der Waals surface area contributed by atoms with Gasteiger partial charge in [-0.05, 0) is 45.2 Å². The van der Waals surface area contributed by atoms with Crippen LogP contribution in [0.3, 0.4) is 0 Å². The first-order valence-corrected chi connectivity index (χ1v) is 7.37. The maximum absolute atomic E-state index is 5.38. The Morgan fingerprint density at radius 3 is 2.65 bits per heavy atom. The number of rotatable bonds is 9. The van der Waals surface area contributed by atoms with E-state index in [0.717, 1.165) is 12.6 Å². The van der Waals surface area contributed by atoms with Crippen LogP contribution in [-0.2, 0) is 4.74 Å². The van der Waals surface area contributed by atoms with Gasteiger partial charge >= 0.3 is 0 Å². The van der Waals surface area contributed by atoms with Gasteiger partial charge in [0.05, 0.1) is 6.10 Å². The Kier molecular flexibility index (Phi) is 5.75. The molecule has 0 aromatic rings. The van der Waals surface area contributed by atoms with Crippen molar-refractivity contribution in [2.45, 2.75) is 57.1 Å². The predicted octanol–water partition coefficient (Wildman–Crippen LogP) is 2.02. The topological polar surface area (TPSA) is 24.5 Å². The van der Waals surface area contributed by atoms with Gasteiger partial charge in [0.1, 0.15) is 0 Å². The lowest BCUT2D eigenvalue weighted by Crippen LogP contribution is -2.24. The van der Waals surface area contributed by atoms with E-state index in [-0.39, 0.29) is 0 Å². The second kappa shape index (κ2) is 7.34. The van der Waals surface area contributed by atoms with Crippen LogP contribution in [0.25, 0.3) is 0 Å². The van der Waals surface area contributed by atoms with E-state index in [0.29, 0.717) is 6.10 Å². The number of hydrogen-bond acceptors (Lipinski definition) is 3. The highest BCUT2D eigenvalue weighted by Gasteiger charge is 2.21. The van der Waals surface area contributed by atoms with E-state index in [2.05, 4.69) is 10.2 Å². The number of hydrogen-bond donors (Lipinski definition) is 1. The molecular weight excluding hydrogens is 212 g/mol. The fraction of sp³-hybridized carbons (Fsp3) is 1.00. The maximum Gasteiger partial charge on any atom is 0.0710 e. The van der Waals surface area contributed by atoms with E-state index < -0.39 is 0 Å². The largest absolute Gasteiger partial charge is 0.380 e. The Labute approximate surface area is 106 Å². The van der Waals surface area contributed by atoms with Crippen molar-refractivity contribution < 1.29 is 4.74 Å². The van der Waals surface area contributed by atoms with Crippen molar-refractivity contribution in [1.82, 2.24) is 10.2 Å². The summed E-state index contributed by atoms with van der Waals surface area (Å²) >= 11 is 0. The van der Waals surface area contributed by atoms with Crippen LogP contribution in [0.1, 0.15) is 44.9 Å².